The van der Waals surface area contributed by atoms with Crippen LogP contribution in [0.15, 0.2) is 30.3 Å². The molecule has 0 spiro atoms. The Kier molecular flexibility index (Phi) is 3.60. The number of carbonyl (C=O) groups excluding carboxylic acids is 1. The molecule has 0 aromatic heterocycles. The standard InChI is InChI=1S/C13H7F4NO2/c14-6-1-2-8(11(19)5-6)13(20)18-10-4-7(15)3-9(16)12(10)17/h1-5,19H,(H,18,20). The number of benzene rings is 2. The van der Waals surface area contributed by atoms with Crippen molar-refractivity contribution in [3.63, 3.8) is 0 Å². The van der Waals surface area contributed by atoms with Gasteiger partial charge in [-0.1, -0.05) is 0 Å². The number of amides is 1. The van der Waals surface area contributed by atoms with Crippen molar-refractivity contribution >= 4 is 11.6 Å². The molecule has 0 heterocycles. The van der Waals surface area contributed by atoms with Gasteiger partial charge in [-0.05, 0) is 12.1 Å². The second-order valence-electron chi connectivity index (χ2n) is 3.86. The molecule has 0 saturated heterocycles. The monoisotopic (exact) mass is 285 g/mol. The fourth-order valence-corrected chi connectivity index (χ4v) is 1.53. The maximum atomic E-state index is 13.3. The van der Waals surface area contributed by atoms with E-state index < -0.39 is 40.6 Å². The normalized spacial score (nSPS) is 10.4. The fraction of sp³-hybridized carbons (Fsp3) is 0. The molecule has 0 fully saturated rings. The lowest BCUT2D eigenvalue weighted by atomic mass is 10.1. The highest BCUT2D eigenvalue weighted by Crippen LogP contribution is 2.23. The molecule has 2 rings (SSSR count). The number of rotatable bonds is 2. The Bertz CT molecular complexity index is 688. The van der Waals surface area contributed by atoms with Gasteiger partial charge in [-0.2, -0.15) is 0 Å². The van der Waals surface area contributed by atoms with E-state index in [4.69, 9.17) is 0 Å². The average molecular weight is 285 g/mol. The van der Waals surface area contributed by atoms with Crippen molar-refractivity contribution in [1.82, 2.24) is 0 Å². The minimum atomic E-state index is -1.47. The SMILES string of the molecule is O=C(Nc1cc(F)cc(F)c1F)c1ccc(F)cc1O. The molecule has 0 aliphatic carbocycles. The Morgan fingerprint density at radius 1 is 1.00 bits per heavy atom. The first-order valence-corrected chi connectivity index (χ1v) is 5.33. The first-order valence-electron chi connectivity index (χ1n) is 5.33. The molecule has 0 aliphatic heterocycles. The Balaban J connectivity index is 2.32. The number of carbonyl (C=O) groups is 1. The summed E-state index contributed by atoms with van der Waals surface area (Å²) >= 11 is 0. The molecule has 0 saturated carbocycles. The maximum Gasteiger partial charge on any atom is 0.259 e. The summed E-state index contributed by atoms with van der Waals surface area (Å²) < 4.78 is 52.0. The van der Waals surface area contributed by atoms with Crippen LogP contribution in [0.1, 0.15) is 10.4 Å². The molecule has 2 N–H and O–H groups in total. The van der Waals surface area contributed by atoms with Gasteiger partial charge in [0.05, 0.1) is 11.3 Å². The number of hydrogen-bond acceptors (Lipinski definition) is 2. The van der Waals surface area contributed by atoms with E-state index in [-0.39, 0.29) is 5.56 Å². The summed E-state index contributed by atoms with van der Waals surface area (Å²) in [4.78, 5) is 11.7. The predicted octanol–water partition coefficient (Wildman–Crippen LogP) is 3.20. The topological polar surface area (TPSA) is 49.3 Å². The van der Waals surface area contributed by atoms with E-state index in [1.807, 2.05) is 5.32 Å². The number of anilines is 1. The molecule has 0 bridgehead atoms. The van der Waals surface area contributed by atoms with Crippen LogP contribution in [0.4, 0.5) is 23.2 Å². The van der Waals surface area contributed by atoms with Crippen molar-refractivity contribution in [2.24, 2.45) is 0 Å². The predicted molar refractivity (Wildman–Crippen MR) is 62.3 cm³/mol. The van der Waals surface area contributed by atoms with Crippen molar-refractivity contribution in [3.8, 4) is 5.75 Å². The average Bonchev–Trinajstić information content (AvgIpc) is 2.35. The smallest absolute Gasteiger partial charge is 0.259 e. The van der Waals surface area contributed by atoms with E-state index in [9.17, 15) is 27.5 Å². The van der Waals surface area contributed by atoms with Gasteiger partial charge in [0.25, 0.3) is 5.91 Å². The zero-order chi connectivity index (χ0) is 14.9. The van der Waals surface area contributed by atoms with Crippen molar-refractivity contribution in [2.45, 2.75) is 0 Å². The molecule has 1 amide bonds. The largest absolute Gasteiger partial charge is 0.507 e. The molecule has 0 unspecified atom stereocenters. The van der Waals surface area contributed by atoms with Crippen molar-refractivity contribution in [3.05, 3.63) is 59.2 Å². The molecular weight excluding hydrogens is 278 g/mol. The Morgan fingerprint density at radius 2 is 1.70 bits per heavy atom. The second kappa shape index (κ2) is 5.20. The van der Waals surface area contributed by atoms with Crippen LogP contribution in [-0.4, -0.2) is 11.0 Å². The van der Waals surface area contributed by atoms with Gasteiger partial charge in [-0.15, -0.1) is 0 Å². The summed E-state index contributed by atoms with van der Waals surface area (Å²) in [5, 5.41) is 11.3. The van der Waals surface area contributed by atoms with Crippen LogP contribution < -0.4 is 5.32 Å². The van der Waals surface area contributed by atoms with E-state index in [0.717, 1.165) is 12.1 Å². The van der Waals surface area contributed by atoms with Crippen LogP contribution in [-0.2, 0) is 0 Å². The van der Waals surface area contributed by atoms with Gasteiger partial charge in [0, 0.05) is 18.2 Å². The number of phenolic OH excluding ortho intramolecular Hbond substituents is 1. The number of hydrogen-bond donors (Lipinski definition) is 2. The highest BCUT2D eigenvalue weighted by molar-refractivity contribution is 6.06. The van der Waals surface area contributed by atoms with E-state index in [0.29, 0.717) is 18.2 Å². The van der Waals surface area contributed by atoms with Crippen LogP contribution in [0.2, 0.25) is 0 Å². The van der Waals surface area contributed by atoms with Gasteiger partial charge in [0.15, 0.2) is 11.6 Å². The molecule has 0 atom stereocenters. The highest BCUT2D eigenvalue weighted by Gasteiger charge is 2.17. The third-order valence-electron chi connectivity index (χ3n) is 2.45. The maximum absolute atomic E-state index is 13.3. The molecular formula is C13H7F4NO2. The third kappa shape index (κ3) is 2.71. The summed E-state index contributed by atoms with van der Waals surface area (Å²) in [5.41, 5.74) is -1.09. The van der Waals surface area contributed by atoms with Gasteiger partial charge < -0.3 is 10.4 Å². The molecule has 0 radical (unpaired) electrons. The van der Waals surface area contributed by atoms with Gasteiger partial charge in [0.2, 0.25) is 0 Å². The zero-order valence-corrected chi connectivity index (χ0v) is 9.75. The van der Waals surface area contributed by atoms with E-state index in [2.05, 4.69) is 0 Å². The highest BCUT2D eigenvalue weighted by atomic mass is 19.2. The molecule has 7 heteroatoms. The summed E-state index contributed by atoms with van der Waals surface area (Å²) in [5.74, 6) is -6.49. The van der Waals surface area contributed by atoms with Gasteiger partial charge in [-0.3, -0.25) is 4.79 Å². The number of halogens is 4. The van der Waals surface area contributed by atoms with Crippen LogP contribution in [0.25, 0.3) is 0 Å². The molecule has 3 nitrogen and oxygen atoms in total. The summed E-state index contributed by atoms with van der Waals surface area (Å²) in [7, 11) is 0. The van der Waals surface area contributed by atoms with Crippen LogP contribution in [0.3, 0.4) is 0 Å². The summed E-state index contributed by atoms with van der Waals surface area (Å²) in [6.45, 7) is 0. The minimum absolute atomic E-state index is 0.320. The van der Waals surface area contributed by atoms with E-state index in [1.165, 1.54) is 0 Å². The molecule has 2 aromatic carbocycles. The first kappa shape index (κ1) is 13.9. The van der Waals surface area contributed by atoms with Crippen LogP contribution in [0.5, 0.6) is 5.75 Å². The van der Waals surface area contributed by atoms with Crippen LogP contribution >= 0.6 is 0 Å². The lowest BCUT2D eigenvalue weighted by Crippen LogP contribution is -2.14. The lowest BCUT2D eigenvalue weighted by Gasteiger charge is -2.08. The van der Waals surface area contributed by atoms with Crippen molar-refractivity contribution in [2.75, 3.05) is 5.32 Å². The molecule has 2 aromatic rings. The lowest BCUT2D eigenvalue weighted by molar-refractivity contribution is 0.102. The number of phenols is 1. The van der Waals surface area contributed by atoms with E-state index >= 15 is 0 Å². The van der Waals surface area contributed by atoms with Gasteiger partial charge in [-0.25, -0.2) is 17.6 Å². The summed E-state index contributed by atoms with van der Waals surface area (Å²) in [6, 6.07) is 3.43. The minimum Gasteiger partial charge on any atom is -0.507 e. The number of aromatic hydroxyl groups is 1. The Morgan fingerprint density at radius 3 is 2.35 bits per heavy atom. The van der Waals surface area contributed by atoms with Crippen molar-refractivity contribution in [1.29, 1.82) is 0 Å². The Labute approximate surface area is 110 Å². The second-order valence-corrected chi connectivity index (χ2v) is 3.86. The quantitative estimate of drug-likeness (QED) is 0.657. The van der Waals surface area contributed by atoms with Crippen LogP contribution in [0, 0.1) is 23.3 Å². The molecule has 104 valence electrons. The Hall–Kier alpha value is -2.57. The van der Waals surface area contributed by atoms with Crippen molar-refractivity contribution < 1.29 is 27.5 Å². The number of nitrogens with one attached hydrogen (secondary N) is 1. The summed E-state index contributed by atoms with van der Waals surface area (Å²) in [6.07, 6.45) is 0. The van der Waals surface area contributed by atoms with E-state index in [1.54, 1.807) is 0 Å². The molecule has 20 heavy (non-hydrogen) atoms. The molecule has 0 aliphatic rings. The van der Waals surface area contributed by atoms with Gasteiger partial charge >= 0.3 is 0 Å². The third-order valence-corrected chi connectivity index (χ3v) is 2.45. The van der Waals surface area contributed by atoms with Gasteiger partial charge in [0.1, 0.15) is 17.4 Å². The fourth-order valence-electron chi connectivity index (χ4n) is 1.53. The zero-order valence-electron chi connectivity index (χ0n) is 9.75. The first-order chi connectivity index (χ1) is 9.38.